The number of fused-ring (bicyclic) bond motifs is 1. The summed E-state index contributed by atoms with van der Waals surface area (Å²) in [6.07, 6.45) is 6.06. The van der Waals surface area contributed by atoms with Crippen LogP contribution in [0.2, 0.25) is 0 Å². The molecule has 3 heterocycles. The maximum atomic E-state index is 11.0. The molecular weight excluding hydrogens is 392 g/mol. The van der Waals surface area contributed by atoms with Gasteiger partial charge in [0.1, 0.15) is 0 Å². The zero-order valence-corrected chi connectivity index (χ0v) is 16.6. The molecule has 8 heteroatoms. The highest BCUT2D eigenvalue weighted by Crippen LogP contribution is 2.30. The number of aromatic nitrogens is 5. The molecule has 5 aromatic rings. The fraction of sp³-hybridized carbons (Fsp3) is 0.0435. The molecular formula is C23H18N6O2. The van der Waals surface area contributed by atoms with Gasteiger partial charge in [-0.3, -0.25) is 9.89 Å². The van der Waals surface area contributed by atoms with E-state index in [2.05, 4.69) is 30.5 Å². The van der Waals surface area contributed by atoms with Crippen LogP contribution in [-0.2, 0) is 0 Å². The molecule has 0 spiro atoms. The fourth-order valence-electron chi connectivity index (χ4n) is 3.39. The van der Waals surface area contributed by atoms with Crippen LogP contribution in [0.15, 0.2) is 67.1 Å². The molecule has 0 unspecified atom stereocenters. The van der Waals surface area contributed by atoms with E-state index in [1.165, 1.54) is 0 Å². The minimum atomic E-state index is 0.532. The Morgan fingerprint density at radius 3 is 2.58 bits per heavy atom. The van der Waals surface area contributed by atoms with Crippen molar-refractivity contribution in [1.29, 1.82) is 0 Å². The molecule has 3 N–H and O–H groups in total. The Balaban J connectivity index is 1.46. The highest BCUT2D eigenvalue weighted by Gasteiger charge is 2.11. The third-order valence-electron chi connectivity index (χ3n) is 4.98. The maximum absolute atomic E-state index is 11.0. The first-order valence-electron chi connectivity index (χ1n) is 9.59. The Kier molecular flexibility index (Phi) is 4.64. The summed E-state index contributed by atoms with van der Waals surface area (Å²) >= 11 is 0. The average molecular weight is 410 g/mol. The average Bonchev–Trinajstić information content (AvgIpc) is 3.49. The second-order valence-electron chi connectivity index (χ2n) is 6.94. The van der Waals surface area contributed by atoms with Crippen LogP contribution >= 0.6 is 0 Å². The summed E-state index contributed by atoms with van der Waals surface area (Å²) in [6.45, 7) is 0. The number of rotatable bonds is 6. The molecule has 0 aliphatic rings. The van der Waals surface area contributed by atoms with Crippen LogP contribution in [0.25, 0.3) is 33.4 Å². The van der Waals surface area contributed by atoms with Gasteiger partial charge in [-0.25, -0.2) is 9.97 Å². The van der Waals surface area contributed by atoms with Crippen LogP contribution in [0, 0.1) is 0 Å². The van der Waals surface area contributed by atoms with Gasteiger partial charge in [-0.15, -0.1) is 0 Å². The smallest absolute Gasteiger partial charge is 0.179 e. The first-order valence-corrected chi connectivity index (χ1v) is 9.59. The summed E-state index contributed by atoms with van der Waals surface area (Å²) < 4.78 is 5.43. The summed E-state index contributed by atoms with van der Waals surface area (Å²) in [5.41, 5.74) is 5.15. The number of aldehydes is 1. The first-order chi connectivity index (χ1) is 15.2. The van der Waals surface area contributed by atoms with Crippen molar-refractivity contribution in [3.63, 3.8) is 0 Å². The lowest BCUT2D eigenvalue weighted by Crippen LogP contribution is -2.00. The van der Waals surface area contributed by atoms with E-state index in [-0.39, 0.29) is 0 Å². The molecule has 0 aliphatic heterocycles. The molecule has 0 bridgehead atoms. The standard InChI is InChI=1S/C23H18N6O2/c1-31-21-12-24-22(16-3-2-15-8-19(13-30)27-20(15)9-16)29-23(21)28-18-6-4-14(5-7-18)17-10-25-26-11-17/h2-13,27H,1H3,(H,25,26)(H,24,28,29). The second-order valence-corrected chi connectivity index (χ2v) is 6.94. The number of carbonyl (C=O) groups is 1. The highest BCUT2D eigenvalue weighted by molar-refractivity contribution is 5.90. The summed E-state index contributed by atoms with van der Waals surface area (Å²) in [5.74, 6) is 1.64. The van der Waals surface area contributed by atoms with E-state index in [1.54, 1.807) is 25.6 Å². The van der Waals surface area contributed by atoms with E-state index in [0.717, 1.165) is 39.6 Å². The second kappa shape index (κ2) is 7.75. The van der Waals surface area contributed by atoms with E-state index in [0.29, 0.717) is 23.1 Å². The van der Waals surface area contributed by atoms with Crippen LogP contribution in [0.1, 0.15) is 10.5 Å². The van der Waals surface area contributed by atoms with Crippen LogP contribution < -0.4 is 10.1 Å². The van der Waals surface area contributed by atoms with Crippen molar-refractivity contribution in [3.05, 3.63) is 72.8 Å². The van der Waals surface area contributed by atoms with Crippen molar-refractivity contribution in [2.24, 2.45) is 0 Å². The quantitative estimate of drug-likeness (QED) is 0.354. The summed E-state index contributed by atoms with van der Waals surface area (Å²) in [5, 5.41) is 11.1. The maximum Gasteiger partial charge on any atom is 0.179 e. The molecule has 5 rings (SSSR count). The topological polar surface area (TPSA) is 109 Å². The molecule has 8 nitrogen and oxygen atoms in total. The van der Waals surface area contributed by atoms with Crippen molar-refractivity contribution >= 4 is 28.7 Å². The Morgan fingerprint density at radius 2 is 1.84 bits per heavy atom. The van der Waals surface area contributed by atoms with Crippen molar-refractivity contribution in [3.8, 4) is 28.3 Å². The Bertz CT molecular complexity index is 1360. The molecule has 0 saturated heterocycles. The van der Waals surface area contributed by atoms with Crippen molar-refractivity contribution in [2.75, 3.05) is 12.4 Å². The number of hydrogen-bond donors (Lipinski definition) is 3. The predicted octanol–water partition coefficient (Wildman–Crippen LogP) is 4.58. The number of ether oxygens (including phenoxy) is 1. The molecule has 0 fully saturated rings. The van der Waals surface area contributed by atoms with Crippen LogP contribution in [0.5, 0.6) is 5.75 Å². The number of nitrogens with zero attached hydrogens (tertiary/aromatic N) is 3. The monoisotopic (exact) mass is 410 g/mol. The fourth-order valence-corrected chi connectivity index (χ4v) is 3.39. The normalized spacial score (nSPS) is 10.9. The van der Waals surface area contributed by atoms with Crippen LogP contribution in [0.4, 0.5) is 11.5 Å². The van der Waals surface area contributed by atoms with Gasteiger partial charge in [-0.1, -0.05) is 24.3 Å². The van der Waals surface area contributed by atoms with Gasteiger partial charge in [0.25, 0.3) is 0 Å². The minimum absolute atomic E-state index is 0.532. The predicted molar refractivity (Wildman–Crippen MR) is 119 cm³/mol. The first kappa shape index (κ1) is 18.6. The number of H-pyrrole nitrogens is 2. The van der Waals surface area contributed by atoms with Gasteiger partial charge >= 0.3 is 0 Å². The summed E-state index contributed by atoms with van der Waals surface area (Å²) in [6, 6.07) is 15.5. The number of hydrogen-bond acceptors (Lipinski definition) is 6. The number of nitrogens with one attached hydrogen (secondary N) is 3. The highest BCUT2D eigenvalue weighted by atomic mass is 16.5. The number of anilines is 2. The lowest BCUT2D eigenvalue weighted by atomic mass is 10.1. The van der Waals surface area contributed by atoms with Gasteiger partial charge in [0.05, 0.1) is 25.2 Å². The zero-order valence-electron chi connectivity index (χ0n) is 16.6. The van der Waals surface area contributed by atoms with Crippen molar-refractivity contribution in [2.45, 2.75) is 0 Å². The third kappa shape index (κ3) is 3.62. The van der Waals surface area contributed by atoms with Gasteiger partial charge in [-0.05, 0) is 29.8 Å². The molecule has 0 radical (unpaired) electrons. The van der Waals surface area contributed by atoms with Crippen LogP contribution in [0.3, 0.4) is 0 Å². The van der Waals surface area contributed by atoms with Gasteiger partial charge in [0.15, 0.2) is 23.7 Å². The molecule has 0 aliphatic carbocycles. The lowest BCUT2D eigenvalue weighted by molar-refractivity contribution is 0.112. The third-order valence-corrected chi connectivity index (χ3v) is 4.98. The molecule has 0 amide bonds. The van der Waals surface area contributed by atoms with Crippen LogP contribution in [-0.4, -0.2) is 38.5 Å². The summed E-state index contributed by atoms with van der Waals surface area (Å²) in [4.78, 5) is 23.2. The van der Waals surface area contributed by atoms with Gasteiger partial charge < -0.3 is 15.0 Å². The Morgan fingerprint density at radius 1 is 1.00 bits per heavy atom. The molecule has 3 aromatic heterocycles. The molecule has 152 valence electrons. The molecule has 31 heavy (non-hydrogen) atoms. The SMILES string of the molecule is COc1cnc(-c2ccc3cc(C=O)[nH]c3c2)nc1Nc1ccc(-c2cn[nH]c2)cc1. The van der Waals surface area contributed by atoms with E-state index >= 15 is 0 Å². The number of carbonyl (C=O) groups excluding carboxylic acids is 1. The zero-order chi connectivity index (χ0) is 21.2. The minimum Gasteiger partial charge on any atom is -0.491 e. The van der Waals surface area contributed by atoms with E-state index in [4.69, 9.17) is 4.74 Å². The molecule has 0 atom stereocenters. The molecule has 2 aromatic carbocycles. The van der Waals surface area contributed by atoms with Crippen molar-refractivity contribution in [1.82, 2.24) is 25.1 Å². The number of aromatic amines is 2. The van der Waals surface area contributed by atoms with Crippen molar-refractivity contribution < 1.29 is 9.53 Å². The summed E-state index contributed by atoms with van der Waals surface area (Å²) in [7, 11) is 1.58. The van der Waals surface area contributed by atoms with E-state index < -0.39 is 0 Å². The van der Waals surface area contributed by atoms with E-state index in [1.807, 2.05) is 48.7 Å². The largest absolute Gasteiger partial charge is 0.491 e. The molecule has 0 saturated carbocycles. The number of benzene rings is 2. The Labute approximate surface area is 177 Å². The number of methoxy groups -OCH3 is 1. The van der Waals surface area contributed by atoms with Gasteiger partial charge in [0.2, 0.25) is 0 Å². The van der Waals surface area contributed by atoms with Gasteiger partial charge in [-0.2, -0.15) is 5.10 Å². The van der Waals surface area contributed by atoms with Gasteiger partial charge in [0, 0.05) is 33.9 Å². The lowest BCUT2D eigenvalue weighted by Gasteiger charge is -2.12. The van der Waals surface area contributed by atoms with E-state index in [9.17, 15) is 4.79 Å². The Hall–Kier alpha value is -4.46.